The first-order chi connectivity index (χ1) is 6.80. The Hall–Kier alpha value is -0.630. The van der Waals surface area contributed by atoms with Crippen LogP contribution in [0, 0.1) is 23.7 Å². The molecule has 0 saturated heterocycles. The molecule has 0 aromatic carbocycles. The normalized spacial score (nSPS) is 22.7. The number of carbonyl (C=O) groups excluding carboxylic acids is 1. The van der Waals surface area contributed by atoms with Crippen molar-refractivity contribution in [3.63, 3.8) is 0 Å². The zero-order chi connectivity index (χ0) is 11.4. The Bertz CT molecular complexity index is 398. The summed E-state index contributed by atoms with van der Waals surface area (Å²) in [6.07, 6.45) is 0. The summed E-state index contributed by atoms with van der Waals surface area (Å²) in [7, 11) is 0. The van der Waals surface area contributed by atoms with Crippen molar-refractivity contribution in [1.82, 2.24) is 0 Å². The van der Waals surface area contributed by atoms with Crippen molar-refractivity contribution in [2.45, 2.75) is 34.6 Å². The Labute approximate surface area is 95.5 Å². The maximum Gasteiger partial charge on any atom is 0.168 e. The first-order valence-corrected chi connectivity index (χ1v) is 6.26. The lowest BCUT2D eigenvalue weighted by Crippen LogP contribution is -2.07. The molecule has 0 amide bonds. The van der Waals surface area contributed by atoms with E-state index in [0.29, 0.717) is 5.78 Å². The first-order valence-electron chi connectivity index (χ1n) is 5.38. The minimum absolute atomic E-state index is 0.151. The van der Waals surface area contributed by atoms with Crippen LogP contribution in [-0.4, -0.2) is 5.78 Å². The van der Waals surface area contributed by atoms with Crippen molar-refractivity contribution in [2.24, 2.45) is 16.7 Å². The van der Waals surface area contributed by atoms with E-state index in [-0.39, 0.29) is 16.7 Å². The molecule has 1 aliphatic rings. The summed E-state index contributed by atoms with van der Waals surface area (Å²) >= 11 is 1.66. The van der Waals surface area contributed by atoms with Gasteiger partial charge in [0, 0.05) is 16.4 Å². The number of hydrogen-bond donors (Lipinski definition) is 0. The van der Waals surface area contributed by atoms with Gasteiger partial charge in [-0.05, 0) is 29.2 Å². The number of hydrogen-bond acceptors (Lipinski definition) is 2. The number of ketones is 1. The van der Waals surface area contributed by atoms with E-state index in [1.807, 2.05) is 18.4 Å². The van der Waals surface area contributed by atoms with E-state index in [9.17, 15) is 4.79 Å². The Kier molecular flexibility index (Phi) is 2.13. The molecule has 1 fully saturated rings. The highest BCUT2D eigenvalue weighted by atomic mass is 32.1. The Morgan fingerprint density at radius 2 is 1.80 bits per heavy atom. The molecule has 1 saturated carbocycles. The van der Waals surface area contributed by atoms with E-state index in [4.69, 9.17) is 0 Å². The number of carbonyl (C=O) groups is 1. The van der Waals surface area contributed by atoms with Crippen LogP contribution in [0.1, 0.15) is 42.9 Å². The van der Waals surface area contributed by atoms with Crippen molar-refractivity contribution in [1.29, 1.82) is 0 Å². The van der Waals surface area contributed by atoms with E-state index in [0.717, 1.165) is 10.4 Å². The van der Waals surface area contributed by atoms with Crippen LogP contribution in [0.5, 0.6) is 0 Å². The van der Waals surface area contributed by atoms with Gasteiger partial charge in [-0.3, -0.25) is 4.79 Å². The van der Waals surface area contributed by atoms with Gasteiger partial charge in [-0.15, -0.1) is 11.3 Å². The van der Waals surface area contributed by atoms with Gasteiger partial charge in [0.1, 0.15) is 0 Å². The first kappa shape index (κ1) is 10.9. The lowest BCUT2D eigenvalue weighted by Gasteiger charge is -2.03. The van der Waals surface area contributed by atoms with Crippen LogP contribution in [0.15, 0.2) is 11.4 Å². The molecular formula is C13H18OS. The van der Waals surface area contributed by atoms with Crippen LogP contribution in [0.25, 0.3) is 0 Å². The molecule has 0 radical (unpaired) electrons. The number of thiophene rings is 1. The molecule has 0 bridgehead atoms. The quantitative estimate of drug-likeness (QED) is 0.693. The molecule has 0 atom stereocenters. The van der Waals surface area contributed by atoms with E-state index in [2.05, 4.69) is 27.7 Å². The summed E-state index contributed by atoms with van der Waals surface area (Å²) in [4.78, 5) is 13.5. The molecule has 1 aromatic rings. The fourth-order valence-electron chi connectivity index (χ4n) is 2.65. The third-order valence-corrected chi connectivity index (χ3v) is 5.25. The van der Waals surface area contributed by atoms with Crippen LogP contribution < -0.4 is 0 Å². The number of rotatable bonds is 2. The topological polar surface area (TPSA) is 17.1 Å². The van der Waals surface area contributed by atoms with Crippen molar-refractivity contribution >= 4 is 17.1 Å². The molecule has 0 aliphatic heterocycles. The molecule has 2 heteroatoms. The van der Waals surface area contributed by atoms with Gasteiger partial charge < -0.3 is 0 Å². The maximum absolute atomic E-state index is 12.3. The fraction of sp³-hybridized carbons (Fsp3) is 0.615. The summed E-state index contributed by atoms with van der Waals surface area (Å²) in [6, 6.07) is 1.97. The molecule has 15 heavy (non-hydrogen) atoms. The second-order valence-electron chi connectivity index (χ2n) is 5.63. The van der Waals surface area contributed by atoms with Gasteiger partial charge in [-0.25, -0.2) is 0 Å². The van der Waals surface area contributed by atoms with E-state index >= 15 is 0 Å². The van der Waals surface area contributed by atoms with Crippen LogP contribution in [-0.2, 0) is 0 Å². The molecular weight excluding hydrogens is 204 g/mol. The summed E-state index contributed by atoms with van der Waals surface area (Å²) in [5.41, 5.74) is 1.24. The monoisotopic (exact) mass is 222 g/mol. The highest BCUT2D eigenvalue weighted by Gasteiger charge is 2.67. The number of Topliss-reactive ketones (excluding diaryl/α,β-unsaturated/α-hetero) is 1. The summed E-state index contributed by atoms with van der Waals surface area (Å²) in [5.74, 6) is 0.530. The molecule has 2 rings (SSSR count). The molecule has 1 aliphatic carbocycles. The Morgan fingerprint density at radius 3 is 2.13 bits per heavy atom. The summed E-state index contributed by atoms with van der Waals surface area (Å²) in [6.45, 7) is 10.8. The van der Waals surface area contributed by atoms with E-state index in [1.165, 1.54) is 0 Å². The Morgan fingerprint density at radius 1 is 1.27 bits per heavy atom. The summed E-state index contributed by atoms with van der Waals surface area (Å²) < 4.78 is 0. The van der Waals surface area contributed by atoms with Crippen molar-refractivity contribution in [2.75, 3.05) is 0 Å². The standard InChI is InChI=1S/C13H18OS/c1-8-9(6-7-15-8)10(14)11-12(2,3)13(11,4)5/h6-7,11H,1-5H3. The zero-order valence-electron chi connectivity index (χ0n) is 10.0. The van der Waals surface area contributed by atoms with Gasteiger partial charge in [0.15, 0.2) is 5.78 Å². The van der Waals surface area contributed by atoms with Crippen LogP contribution in [0.4, 0.5) is 0 Å². The predicted octanol–water partition coefficient (Wildman–Crippen LogP) is 3.92. The van der Waals surface area contributed by atoms with Gasteiger partial charge in [-0.2, -0.15) is 0 Å². The second-order valence-corrected chi connectivity index (χ2v) is 6.75. The predicted molar refractivity (Wildman–Crippen MR) is 64.4 cm³/mol. The highest BCUT2D eigenvalue weighted by Crippen LogP contribution is 2.69. The molecule has 1 heterocycles. The van der Waals surface area contributed by atoms with Gasteiger partial charge >= 0.3 is 0 Å². The lowest BCUT2D eigenvalue weighted by molar-refractivity contribution is 0.0945. The number of aryl methyl sites for hydroxylation is 1. The maximum atomic E-state index is 12.3. The minimum atomic E-state index is 0.151. The van der Waals surface area contributed by atoms with Crippen LogP contribution in [0.2, 0.25) is 0 Å². The second kappa shape index (κ2) is 2.94. The molecule has 0 N–H and O–H groups in total. The van der Waals surface area contributed by atoms with Gasteiger partial charge in [0.2, 0.25) is 0 Å². The summed E-state index contributed by atoms with van der Waals surface area (Å²) in [5, 5.41) is 2.00. The van der Waals surface area contributed by atoms with Gasteiger partial charge in [0.25, 0.3) is 0 Å². The molecule has 82 valence electrons. The molecule has 0 spiro atoms. The van der Waals surface area contributed by atoms with Gasteiger partial charge in [0.05, 0.1) is 0 Å². The third-order valence-electron chi connectivity index (χ3n) is 4.41. The van der Waals surface area contributed by atoms with E-state index in [1.54, 1.807) is 11.3 Å². The van der Waals surface area contributed by atoms with Crippen molar-refractivity contribution in [3.8, 4) is 0 Å². The highest BCUT2D eigenvalue weighted by molar-refractivity contribution is 7.10. The minimum Gasteiger partial charge on any atom is -0.294 e. The molecule has 1 nitrogen and oxygen atoms in total. The van der Waals surface area contributed by atoms with Gasteiger partial charge in [-0.1, -0.05) is 27.7 Å². The van der Waals surface area contributed by atoms with Crippen molar-refractivity contribution < 1.29 is 4.79 Å². The zero-order valence-corrected chi connectivity index (χ0v) is 10.9. The average Bonchev–Trinajstić information content (AvgIpc) is 2.48. The lowest BCUT2D eigenvalue weighted by atomic mass is 10.0. The fourth-order valence-corrected chi connectivity index (χ4v) is 3.35. The SMILES string of the molecule is Cc1sccc1C(=O)C1C(C)(C)C1(C)C. The molecule has 0 unspecified atom stereocenters. The molecule has 1 aromatic heterocycles. The van der Waals surface area contributed by atoms with Crippen LogP contribution >= 0.6 is 11.3 Å². The Balaban J connectivity index is 2.30. The van der Waals surface area contributed by atoms with Crippen molar-refractivity contribution in [3.05, 3.63) is 21.9 Å². The smallest absolute Gasteiger partial charge is 0.168 e. The average molecular weight is 222 g/mol. The third kappa shape index (κ3) is 1.31. The van der Waals surface area contributed by atoms with Crippen LogP contribution in [0.3, 0.4) is 0 Å². The largest absolute Gasteiger partial charge is 0.294 e. The van der Waals surface area contributed by atoms with E-state index < -0.39 is 0 Å².